The summed E-state index contributed by atoms with van der Waals surface area (Å²) >= 11 is 0. The van der Waals surface area contributed by atoms with E-state index in [0.717, 1.165) is 6.42 Å². The number of carbonyl (C=O) groups is 1. The van der Waals surface area contributed by atoms with E-state index in [0.29, 0.717) is 43.4 Å². The SMILES string of the molecule is CCCOc1ccc(CN=C(NCC)NCCC(=O)NC(C)C)c(OC(F)F)c1.I. The van der Waals surface area contributed by atoms with Crippen molar-refractivity contribution in [3.63, 3.8) is 0 Å². The van der Waals surface area contributed by atoms with Crippen LogP contribution >= 0.6 is 24.0 Å². The van der Waals surface area contributed by atoms with Gasteiger partial charge in [-0.05, 0) is 39.3 Å². The molecule has 0 heterocycles. The van der Waals surface area contributed by atoms with Crippen LogP contribution in [-0.2, 0) is 11.3 Å². The van der Waals surface area contributed by atoms with Gasteiger partial charge in [-0.3, -0.25) is 4.79 Å². The first-order valence-electron chi connectivity index (χ1n) is 9.87. The fourth-order valence-corrected chi connectivity index (χ4v) is 2.38. The van der Waals surface area contributed by atoms with Crippen LogP contribution in [0.15, 0.2) is 23.2 Å². The summed E-state index contributed by atoms with van der Waals surface area (Å²) in [6.45, 7) is 6.36. The van der Waals surface area contributed by atoms with Gasteiger partial charge in [0.2, 0.25) is 5.91 Å². The van der Waals surface area contributed by atoms with Gasteiger partial charge in [0, 0.05) is 37.2 Å². The summed E-state index contributed by atoms with van der Waals surface area (Å²) in [5.74, 6) is 0.929. The summed E-state index contributed by atoms with van der Waals surface area (Å²) in [5.41, 5.74) is 0.504. The van der Waals surface area contributed by atoms with Gasteiger partial charge in [-0.1, -0.05) is 6.92 Å². The number of carbonyl (C=O) groups excluding carboxylic acids is 1. The van der Waals surface area contributed by atoms with E-state index in [1.165, 1.54) is 6.07 Å². The van der Waals surface area contributed by atoms with Crippen LogP contribution in [-0.4, -0.2) is 44.2 Å². The van der Waals surface area contributed by atoms with Gasteiger partial charge >= 0.3 is 6.61 Å². The molecule has 0 radical (unpaired) electrons. The molecule has 7 nitrogen and oxygen atoms in total. The summed E-state index contributed by atoms with van der Waals surface area (Å²) in [6.07, 6.45) is 1.11. The molecule has 0 aromatic heterocycles. The first-order valence-corrected chi connectivity index (χ1v) is 9.87. The highest BCUT2D eigenvalue weighted by Gasteiger charge is 2.12. The second-order valence-corrected chi connectivity index (χ2v) is 6.59. The Hall–Kier alpha value is -1.85. The molecule has 0 saturated carbocycles. The number of alkyl halides is 2. The Morgan fingerprint density at radius 2 is 1.93 bits per heavy atom. The number of benzene rings is 1. The molecule has 0 aliphatic carbocycles. The van der Waals surface area contributed by atoms with Crippen LogP contribution in [0.3, 0.4) is 0 Å². The van der Waals surface area contributed by atoms with Crippen molar-refractivity contribution < 1.29 is 23.0 Å². The largest absolute Gasteiger partial charge is 0.493 e. The number of nitrogens with zero attached hydrogens (tertiary/aromatic N) is 1. The van der Waals surface area contributed by atoms with Crippen molar-refractivity contribution in [2.24, 2.45) is 4.99 Å². The highest BCUT2D eigenvalue weighted by Crippen LogP contribution is 2.27. The summed E-state index contributed by atoms with van der Waals surface area (Å²) in [6, 6.07) is 4.90. The predicted molar refractivity (Wildman–Crippen MR) is 125 cm³/mol. The average molecular weight is 542 g/mol. The Morgan fingerprint density at radius 1 is 1.20 bits per heavy atom. The number of amides is 1. The fraction of sp³-hybridized carbons (Fsp3) is 0.600. The molecule has 172 valence electrons. The van der Waals surface area contributed by atoms with E-state index in [2.05, 4.69) is 25.7 Å². The lowest BCUT2D eigenvalue weighted by atomic mass is 10.2. The maximum absolute atomic E-state index is 12.8. The standard InChI is InChI=1S/C20H32F2N4O3.HI/c1-5-11-28-16-8-7-15(17(12-16)29-19(21)22)13-25-20(23-6-2)24-10-9-18(27)26-14(3)4;/h7-8,12,14,19H,5-6,9-11,13H2,1-4H3,(H,26,27)(H2,23,24,25);1H. The number of halogens is 3. The van der Waals surface area contributed by atoms with Crippen molar-refractivity contribution in [1.29, 1.82) is 0 Å². The Bertz CT molecular complexity index is 661. The van der Waals surface area contributed by atoms with E-state index in [-0.39, 0.29) is 48.2 Å². The maximum atomic E-state index is 12.8. The molecule has 10 heteroatoms. The molecule has 1 amide bonds. The molecule has 0 fully saturated rings. The average Bonchev–Trinajstić information content (AvgIpc) is 2.64. The molecule has 0 unspecified atom stereocenters. The molecule has 0 spiro atoms. The van der Waals surface area contributed by atoms with E-state index in [4.69, 9.17) is 4.74 Å². The molecule has 3 N–H and O–H groups in total. The van der Waals surface area contributed by atoms with E-state index in [9.17, 15) is 13.6 Å². The Labute approximate surface area is 194 Å². The molecule has 0 saturated heterocycles. The number of hydrogen-bond donors (Lipinski definition) is 3. The van der Waals surface area contributed by atoms with Gasteiger partial charge in [0.25, 0.3) is 0 Å². The monoisotopic (exact) mass is 542 g/mol. The van der Waals surface area contributed by atoms with Crippen molar-refractivity contribution in [2.45, 2.75) is 59.7 Å². The highest BCUT2D eigenvalue weighted by molar-refractivity contribution is 14.0. The zero-order valence-electron chi connectivity index (χ0n) is 18.0. The third kappa shape index (κ3) is 12.0. The quantitative estimate of drug-likeness (QED) is 0.213. The summed E-state index contributed by atoms with van der Waals surface area (Å²) < 4.78 is 35.7. The third-order valence-electron chi connectivity index (χ3n) is 3.57. The van der Waals surface area contributed by atoms with Gasteiger partial charge in [-0.2, -0.15) is 8.78 Å². The number of aliphatic imine (C=N–C) groups is 1. The molecule has 1 rings (SSSR count). The smallest absolute Gasteiger partial charge is 0.387 e. The normalized spacial score (nSPS) is 11.1. The highest BCUT2D eigenvalue weighted by atomic mass is 127. The molecular formula is C20H33F2IN4O3. The molecular weight excluding hydrogens is 509 g/mol. The first kappa shape index (κ1) is 28.1. The van der Waals surface area contributed by atoms with Gasteiger partial charge in [-0.15, -0.1) is 24.0 Å². The minimum atomic E-state index is -2.94. The van der Waals surface area contributed by atoms with Gasteiger partial charge in [0.05, 0.1) is 13.2 Å². The van der Waals surface area contributed by atoms with Crippen LogP contribution in [0.5, 0.6) is 11.5 Å². The second kappa shape index (κ2) is 15.9. The van der Waals surface area contributed by atoms with Crippen LogP contribution in [0, 0.1) is 0 Å². The van der Waals surface area contributed by atoms with Gasteiger partial charge in [0.15, 0.2) is 5.96 Å². The second-order valence-electron chi connectivity index (χ2n) is 6.59. The lowest BCUT2D eigenvalue weighted by Crippen LogP contribution is -2.40. The molecule has 0 atom stereocenters. The summed E-state index contributed by atoms with van der Waals surface area (Å²) in [5, 5.41) is 8.93. The van der Waals surface area contributed by atoms with Gasteiger partial charge in [0.1, 0.15) is 11.5 Å². The Balaban J connectivity index is 0.00000841. The number of ether oxygens (including phenoxy) is 2. The van der Waals surface area contributed by atoms with Crippen LogP contribution in [0.1, 0.15) is 46.1 Å². The zero-order valence-corrected chi connectivity index (χ0v) is 20.3. The number of nitrogens with one attached hydrogen (secondary N) is 3. The molecule has 1 aromatic carbocycles. The summed E-state index contributed by atoms with van der Waals surface area (Å²) in [4.78, 5) is 16.1. The number of hydrogen-bond acceptors (Lipinski definition) is 4. The number of rotatable bonds is 12. The Kier molecular flexibility index (Phi) is 14.9. The van der Waals surface area contributed by atoms with Gasteiger partial charge in [-0.25, -0.2) is 4.99 Å². The Morgan fingerprint density at radius 3 is 2.53 bits per heavy atom. The first-order chi connectivity index (χ1) is 13.8. The summed E-state index contributed by atoms with van der Waals surface area (Å²) in [7, 11) is 0. The lowest BCUT2D eigenvalue weighted by molar-refractivity contribution is -0.121. The van der Waals surface area contributed by atoms with Crippen LogP contribution in [0.2, 0.25) is 0 Å². The number of guanidine groups is 1. The van der Waals surface area contributed by atoms with Crippen molar-refractivity contribution in [3.8, 4) is 11.5 Å². The predicted octanol–water partition coefficient (Wildman–Crippen LogP) is 3.66. The maximum Gasteiger partial charge on any atom is 0.387 e. The molecule has 1 aromatic rings. The van der Waals surface area contributed by atoms with E-state index in [1.807, 2.05) is 27.7 Å². The van der Waals surface area contributed by atoms with Crippen molar-refractivity contribution >= 4 is 35.8 Å². The van der Waals surface area contributed by atoms with E-state index in [1.54, 1.807) is 12.1 Å². The van der Waals surface area contributed by atoms with Crippen molar-refractivity contribution in [2.75, 3.05) is 19.7 Å². The molecule has 30 heavy (non-hydrogen) atoms. The van der Waals surface area contributed by atoms with Crippen molar-refractivity contribution in [1.82, 2.24) is 16.0 Å². The van der Waals surface area contributed by atoms with Gasteiger partial charge < -0.3 is 25.4 Å². The molecule has 0 aliphatic rings. The fourth-order valence-electron chi connectivity index (χ4n) is 2.38. The zero-order chi connectivity index (χ0) is 21.6. The lowest BCUT2D eigenvalue weighted by Gasteiger charge is -2.14. The molecule has 0 bridgehead atoms. The van der Waals surface area contributed by atoms with Crippen LogP contribution in [0.25, 0.3) is 0 Å². The minimum Gasteiger partial charge on any atom is -0.493 e. The van der Waals surface area contributed by atoms with E-state index < -0.39 is 6.61 Å². The minimum absolute atomic E-state index is 0. The van der Waals surface area contributed by atoms with Crippen LogP contribution < -0.4 is 25.4 Å². The van der Waals surface area contributed by atoms with Crippen molar-refractivity contribution in [3.05, 3.63) is 23.8 Å². The van der Waals surface area contributed by atoms with E-state index >= 15 is 0 Å². The van der Waals surface area contributed by atoms with Crippen LogP contribution in [0.4, 0.5) is 8.78 Å². The topological polar surface area (TPSA) is 84.0 Å². The third-order valence-corrected chi connectivity index (χ3v) is 3.57. The molecule has 0 aliphatic heterocycles.